The Bertz CT molecular complexity index is 1100. The van der Waals surface area contributed by atoms with E-state index in [4.69, 9.17) is 0 Å². The Balaban J connectivity index is 2.23. The number of carbonyl (C=O) groups excluding carboxylic acids is 3. The van der Waals surface area contributed by atoms with Gasteiger partial charge in [0.15, 0.2) is 23.2 Å². The third kappa shape index (κ3) is 8.73. The van der Waals surface area contributed by atoms with E-state index in [1.807, 2.05) is 6.92 Å². The first-order valence-corrected chi connectivity index (χ1v) is 11.6. The Hall–Kier alpha value is -3.64. The fourth-order valence-corrected chi connectivity index (χ4v) is 3.41. The SMILES string of the molecule is CCCCC[C@H](NC(=O)[C@H](Cc1ccccc1)NC(=O)C(F)(F)F)C(=O)COc1c(F)c(F)cc(F)c1F. The third-order valence-electron chi connectivity index (χ3n) is 5.39. The van der Waals surface area contributed by atoms with Crippen molar-refractivity contribution in [2.45, 2.75) is 57.3 Å². The Morgan fingerprint density at radius 1 is 0.895 bits per heavy atom. The van der Waals surface area contributed by atoms with Crippen molar-refractivity contribution < 1.29 is 49.9 Å². The molecule has 0 aliphatic carbocycles. The summed E-state index contributed by atoms with van der Waals surface area (Å²) in [5.41, 5.74) is 0.409. The Morgan fingerprint density at radius 3 is 2.05 bits per heavy atom. The first-order chi connectivity index (χ1) is 17.8. The van der Waals surface area contributed by atoms with E-state index < -0.39 is 71.5 Å². The molecule has 0 aliphatic rings. The molecule has 2 N–H and O–H groups in total. The highest BCUT2D eigenvalue weighted by molar-refractivity contribution is 5.94. The maximum atomic E-state index is 13.9. The maximum absolute atomic E-state index is 13.9. The van der Waals surface area contributed by atoms with Crippen molar-refractivity contribution in [1.82, 2.24) is 10.6 Å². The lowest BCUT2D eigenvalue weighted by atomic mass is 10.0. The van der Waals surface area contributed by atoms with Crippen LogP contribution in [-0.4, -0.2) is 42.5 Å². The number of nitrogens with one attached hydrogen (secondary N) is 2. The highest BCUT2D eigenvalue weighted by Crippen LogP contribution is 2.26. The maximum Gasteiger partial charge on any atom is 0.471 e. The average Bonchev–Trinajstić information content (AvgIpc) is 2.86. The van der Waals surface area contributed by atoms with Crippen LogP contribution >= 0.6 is 0 Å². The summed E-state index contributed by atoms with van der Waals surface area (Å²) < 4.78 is 97.8. The molecule has 13 heteroatoms. The zero-order valence-electron chi connectivity index (χ0n) is 20.1. The topological polar surface area (TPSA) is 84.5 Å². The second-order valence-corrected chi connectivity index (χ2v) is 8.32. The molecule has 2 aromatic rings. The molecule has 0 bridgehead atoms. The number of halogens is 7. The summed E-state index contributed by atoms with van der Waals surface area (Å²) in [7, 11) is 0. The average molecular weight is 550 g/mol. The van der Waals surface area contributed by atoms with Crippen molar-refractivity contribution in [1.29, 1.82) is 0 Å². The lowest BCUT2D eigenvalue weighted by Gasteiger charge is -2.23. The van der Waals surface area contributed by atoms with E-state index in [1.165, 1.54) is 12.1 Å². The summed E-state index contributed by atoms with van der Waals surface area (Å²) in [5.74, 6) is -13.2. The van der Waals surface area contributed by atoms with E-state index in [1.54, 1.807) is 23.5 Å². The highest BCUT2D eigenvalue weighted by Gasteiger charge is 2.41. The molecular weight excluding hydrogens is 525 g/mol. The summed E-state index contributed by atoms with van der Waals surface area (Å²) in [5, 5.41) is 3.86. The molecule has 0 radical (unpaired) electrons. The monoisotopic (exact) mass is 550 g/mol. The van der Waals surface area contributed by atoms with Crippen molar-refractivity contribution in [3.05, 3.63) is 65.2 Å². The van der Waals surface area contributed by atoms with Gasteiger partial charge in [-0.1, -0.05) is 56.5 Å². The Labute approximate surface area is 213 Å². The molecule has 0 heterocycles. The van der Waals surface area contributed by atoms with E-state index in [0.29, 0.717) is 24.8 Å². The smallest absolute Gasteiger partial charge is 0.471 e. The normalized spacial score (nSPS) is 12.9. The molecule has 208 valence electrons. The van der Waals surface area contributed by atoms with E-state index in [9.17, 15) is 45.1 Å². The Morgan fingerprint density at radius 2 is 1.50 bits per heavy atom. The van der Waals surface area contributed by atoms with Gasteiger partial charge in [-0.2, -0.15) is 22.0 Å². The van der Waals surface area contributed by atoms with Crippen LogP contribution in [0, 0.1) is 23.3 Å². The summed E-state index contributed by atoms with van der Waals surface area (Å²) in [6.07, 6.45) is -4.01. The van der Waals surface area contributed by atoms with Gasteiger partial charge in [-0.05, 0) is 12.0 Å². The van der Waals surface area contributed by atoms with Crippen LogP contribution in [0.3, 0.4) is 0 Å². The van der Waals surface area contributed by atoms with Crippen molar-refractivity contribution in [3.8, 4) is 5.75 Å². The lowest BCUT2D eigenvalue weighted by molar-refractivity contribution is -0.174. The van der Waals surface area contributed by atoms with Gasteiger partial charge in [-0.15, -0.1) is 0 Å². The number of hydrogen-bond acceptors (Lipinski definition) is 4. The molecule has 0 aromatic heterocycles. The van der Waals surface area contributed by atoms with Crippen LogP contribution in [0.5, 0.6) is 5.75 Å². The van der Waals surface area contributed by atoms with Gasteiger partial charge < -0.3 is 15.4 Å². The molecule has 38 heavy (non-hydrogen) atoms. The number of ether oxygens (including phenoxy) is 1. The van der Waals surface area contributed by atoms with Crippen LogP contribution in [0.1, 0.15) is 38.2 Å². The predicted octanol–water partition coefficient (Wildman–Crippen LogP) is 4.55. The first kappa shape index (κ1) is 30.6. The van der Waals surface area contributed by atoms with Gasteiger partial charge in [0, 0.05) is 12.5 Å². The molecule has 0 aliphatic heterocycles. The molecular formula is C25H25F7N2O4. The second-order valence-electron chi connectivity index (χ2n) is 8.32. The minimum absolute atomic E-state index is 0.0322. The minimum Gasteiger partial charge on any atom is -0.479 e. The van der Waals surface area contributed by atoms with Gasteiger partial charge in [-0.25, -0.2) is 8.78 Å². The molecule has 0 saturated heterocycles. The molecule has 0 fully saturated rings. The Kier molecular flexibility index (Phi) is 11.1. The van der Waals surface area contributed by atoms with Crippen LogP contribution in [0.4, 0.5) is 30.7 Å². The van der Waals surface area contributed by atoms with Crippen molar-refractivity contribution in [2.75, 3.05) is 6.61 Å². The van der Waals surface area contributed by atoms with E-state index in [-0.39, 0.29) is 18.9 Å². The van der Waals surface area contributed by atoms with E-state index >= 15 is 0 Å². The number of hydrogen-bond donors (Lipinski definition) is 2. The number of unbranched alkanes of at least 4 members (excludes halogenated alkanes) is 2. The van der Waals surface area contributed by atoms with Crippen LogP contribution in [0.2, 0.25) is 0 Å². The number of Topliss-reactive ketones (excluding diaryl/α,β-unsaturated/α-hetero) is 1. The fourth-order valence-electron chi connectivity index (χ4n) is 3.41. The lowest BCUT2D eigenvalue weighted by Crippen LogP contribution is -2.55. The van der Waals surface area contributed by atoms with Gasteiger partial charge >= 0.3 is 12.1 Å². The molecule has 2 amide bonds. The van der Waals surface area contributed by atoms with Gasteiger partial charge in [0.2, 0.25) is 17.5 Å². The second kappa shape index (κ2) is 13.8. The van der Waals surface area contributed by atoms with E-state index in [0.717, 1.165) is 0 Å². The predicted molar refractivity (Wildman–Crippen MR) is 121 cm³/mol. The minimum atomic E-state index is -5.28. The first-order valence-electron chi connectivity index (χ1n) is 11.6. The van der Waals surface area contributed by atoms with E-state index in [2.05, 4.69) is 10.1 Å². The number of carbonyl (C=O) groups is 3. The van der Waals surface area contributed by atoms with Gasteiger partial charge in [0.25, 0.3) is 0 Å². The number of rotatable bonds is 13. The standard InChI is InChI=1S/C25H25F7N2O4/c1-2-3-5-10-17(19(35)13-38-22-20(28)15(26)12-16(27)21(22)29)33-23(36)18(34-24(37)25(30,31)32)11-14-8-6-4-7-9-14/h4,6-9,12,17-18H,2-3,5,10-11,13H2,1H3,(H,33,36)(H,34,37)/t17-,18-/m0/s1. The zero-order chi connectivity index (χ0) is 28.5. The van der Waals surface area contributed by atoms with Crippen LogP contribution in [-0.2, 0) is 20.8 Å². The number of ketones is 1. The molecule has 0 unspecified atom stereocenters. The molecule has 0 saturated carbocycles. The quantitative estimate of drug-likeness (QED) is 0.218. The molecule has 0 spiro atoms. The number of benzene rings is 2. The summed E-state index contributed by atoms with van der Waals surface area (Å²) >= 11 is 0. The zero-order valence-corrected chi connectivity index (χ0v) is 20.1. The van der Waals surface area contributed by atoms with Crippen LogP contribution in [0.25, 0.3) is 0 Å². The van der Waals surface area contributed by atoms with Crippen molar-refractivity contribution in [2.24, 2.45) is 0 Å². The van der Waals surface area contributed by atoms with Crippen molar-refractivity contribution >= 4 is 17.6 Å². The van der Waals surface area contributed by atoms with Gasteiger partial charge in [-0.3, -0.25) is 14.4 Å². The largest absolute Gasteiger partial charge is 0.479 e. The molecule has 2 atom stereocenters. The summed E-state index contributed by atoms with van der Waals surface area (Å²) in [4.78, 5) is 37.2. The van der Waals surface area contributed by atoms with Crippen molar-refractivity contribution in [3.63, 3.8) is 0 Å². The summed E-state index contributed by atoms with van der Waals surface area (Å²) in [6, 6.07) is 4.61. The highest BCUT2D eigenvalue weighted by atomic mass is 19.4. The molecule has 2 aromatic carbocycles. The van der Waals surface area contributed by atoms with Gasteiger partial charge in [0.05, 0.1) is 6.04 Å². The van der Waals surface area contributed by atoms with Crippen LogP contribution < -0.4 is 15.4 Å². The van der Waals surface area contributed by atoms with Crippen LogP contribution in [0.15, 0.2) is 36.4 Å². The van der Waals surface area contributed by atoms with Gasteiger partial charge in [0.1, 0.15) is 12.6 Å². The fraction of sp³-hybridized carbons (Fsp3) is 0.400. The third-order valence-corrected chi connectivity index (χ3v) is 5.39. The molecule has 2 rings (SSSR count). The summed E-state index contributed by atoms with van der Waals surface area (Å²) in [6.45, 7) is 0.719. The number of alkyl halides is 3. The molecule has 6 nitrogen and oxygen atoms in total. The number of amides is 2.